The Kier molecular flexibility index (Phi) is 4.74. The van der Waals surface area contributed by atoms with E-state index >= 15 is 0 Å². The lowest BCUT2D eigenvalue weighted by Gasteiger charge is -2.14. The van der Waals surface area contributed by atoms with E-state index in [1.807, 2.05) is 5.32 Å². The maximum Gasteiger partial charge on any atom is 0.292 e. The molecule has 5 nitrogen and oxygen atoms in total. The zero-order chi connectivity index (χ0) is 14.5. The van der Waals surface area contributed by atoms with E-state index in [0.29, 0.717) is 11.4 Å². The van der Waals surface area contributed by atoms with Crippen LogP contribution in [0.4, 0.5) is 5.69 Å². The predicted octanol–water partition coefficient (Wildman–Crippen LogP) is 0.691. The van der Waals surface area contributed by atoms with Gasteiger partial charge in [0.05, 0.1) is 25.8 Å². The summed E-state index contributed by atoms with van der Waals surface area (Å²) in [6.45, 7) is 3.00. The Morgan fingerprint density at radius 1 is 1.30 bits per heavy atom. The number of amides is 2. The van der Waals surface area contributed by atoms with E-state index in [1.54, 1.807) is 31.4 Å². The maximum atomic E-state index is 12.3. The second kappa shape index (κ2) is 6.52. The van der Waals surface area contributed by atoms with Crippen LogP contribution in [0, 0.1) is 0 Å². The third-order valence-electron chi connectivity index (χ3n) is 3.52. The molecule has 1 atom stereocenters. The zero-order valence-electron chi connectivity index (χ0n) is 12.0. The maximum absolute atomic E-state index is 12.3. The Morgan fingerprint density at radius 3 is 2.60 bits per heavy atom. The Hall–Kier alpha value is -1.88. The summed E-state index contributed by atoms with van der Waals surface area (Å²) in [7, 11) is 1.58. The smallest absolute Gasteiger partial charge is 0.292 e. The van der Waals surface area contributed by atoms with Crippen molar-refractivity contribution in [2.45, 2.75) is 32.2 Å². The largest absolute Gasteiger partial charge is 0.497 e. The van der Waals surface area contributed by atoms with Crippen LogP contribution in [-0.2, 0) is 9.59 Å². The van der Waals surface area contributed by atoms with Crippen LogP contribution in [0.25, 0.3) is 0 Å². The van der Waals surface area contributed by atoms with Crippen LogP contribution < -0.4 is 15.0 Å². The van der Waals surface area contributed by atoms with Gasteiger partial charge in [0.25, 0.3) is 5.91 Å². The minimum absolute atomic E-state index is 0.115. The first-order valence-electron chi connectivity index (χ1n) is 7.01. The van der Waals surface area contributed by atoms with Gasteiger partial charge in [-0.05, 0) is 30.7 Å². The Morgan fingerprint density at radius 2 is 2.00 bits per heavy atom. The third kappa shape index (κ3) is 2.99. The molecular weight excluding hydrogens is 256 g/mol. The molecule has 20 heavy (non-hydrogen) atoms. The lowest BCUT2D eigenvalue weighted by molar-refractivity contribution is -0.674. The summed E-state index contributed by atoms with van der Waals surface area (Å²) in [6.07, 6.45) is 2.43. The van der Waals surface area contributed by atoms with Crippen LogP contribution >= 0.6 is 0 Å². The summed E-state index contributed by atoms with van der Waals surface area (Å²) < 4.78 is 5.08. The van der Waals surface area contributed by atoms with Gasteiger partial charge in [-0.2, -0.15) is 0 Å². The van der Waals surface area contributed by atoms with E-state index in [2.05, 4.69) is 6.92 Å². The van der Waals surface area contributed by atoms with Crippen molar-refractivity contribution >= 4 is 17.5 Å². The molecule has 2 rings (SSSR count). The topological polar surface area (TPSA) is 63.2 Å². The lowest BCUT2D eigenvalue weighted by atomic mass is 10.2. The van der Waals surface area contributed by atoms with Crippen molar-refractivity contribution in [2.75, 3.05) is 18.6 Å². The molecule has 0 saturated carbocycles. The van der Waals surface area contributed by atoms with E-state index in [4.69, 9.17) is 4.74 Å². The fraction of sp³-hybridized carbons (Fsp3) is 0.467. The summed E-state index contributed by atoms with van der Waals surface area (Å²) in [6, 6.07) is 6.72. The lowest BCUT2D eigenvalue weighted by Crippen LogP contribution is -2.91. The van der Waals surface area contributed by atoms with Crippen molar-refractivity contribution in [1.29, 1.82) is 0 Å². The predicted molar refractivity (Wildman–Crippen MR) is 75.6 cm³/mol. The summed E-state index contributed by atoms with van der Waals surface area (Å²) >= 11 is 0. The quantitative estimate of drug-likeness (QED) is 0.614. The molecule has 1 aliphatic rings. The number of unbranched alkanes of at least 4 members (excludes halogenated alkanes) is 1. The number of benzene rings is 1. The normalized spacial score (nSPS) is 18.7. The van der Waals surface area contributed by atoms with Crippen LogP contribution in [0.1, 0.15) is 26.2 Å². The van der Waals surface area contributed by atoms with Gasteiger partial charge in [0.15, 0.2) is 6.04 Å². The summed E-state index contributed by atoms with van der Waals surface area (Å²) in [5.41, 5.74) is 0.618. The standard InChI is InChI=1S/C15H20N2O3/c1-3-4-9-16-13-10-14(18)17(15(13)19)11-5-7-12(20-2)8-6-11/h5-8,13,16H,3-4,9-10H2,1-2H3/p+1/t13-/m0/s1. The number of rotatable bonds is 6. The van der Waals surface area contributed by atoms with Gasteiger partial charge in [0.1, 0.15) is 5.75 Å². The summed E-state index contributed by atoms with van der Waals surface area (Å²) in [5, 5.41) is 1.98. The molecule has 1 heterocycles. The molecule has 0 radical (unpaired) electrons. The molecule has 0 bridgehead atoms. The average molecular weight is 277 g/mol. The number of carbonyl (C=O) groups is 2. The summed E-state index contributed by atoms with van der Waals surface area (Å²) in [5.74, 6) is 0.466. The molecule has 1 saturated heterocycles. The van der Waals surface area contributed by atoms with Crippen molar-refractivity contribution in [3.05, 3.63) is 24.3 Å². The van der Waals surface area contributed by atoms with Crippen molar-refractivity contribution in [3.8, 4) is 5.75 Å². The number of imide groups is 1. The molecule has 5 heteroatoms. The molecule has 0 aliphatic carbocycles. The number of methoxy groups -OCH3 is 1. The number of nitrogens with two attached hydrogens (primary N) is 1. The van der Waals surface area contributed by atoms with E-state index in [9.17, 15) is 9.59 Å². The second-order valence-electron chi connectivity index (χ2n) is 4.95. The molecule has 0 unspecified atom stereocenters. The number of anilines is 1. The van der Waals surface area contributed by atoms with Gasteiger partial charge in [-0.15, -0.1) is 0 Å². The first-order chi connectivity index (χ1) is 9.67. The fourth-order valence-electron chi connectivity index (χ4n) is 2.37. The SMILES string of the molecule is CCCC[NH2+][C@H]1CC(=O)N(c2ccc(OC)cc2)C1=O. The summed E-state index contributed by atoms with van der Waals surface area (Å²) in [4.78, 5) is 25.6. The minimum atomic E-state index is -0.267. The van der Waals surface area contributed by atoms with Gasteiger partial charge in [0, 0.05) is 0 Å². The molecule has 1 aromatic rings. The van der Waals surface area contributed by atoms with Crippen molar-refractivity contribution in [3.63, 3.8) is 0 Å². The van der Waals surface area contributed by atoms with Gasteiger partial charge in [-0.3, -0.25) is 9.59 Å². The van der Waals surface area contributed by atoms with Gasteiger partial charge in [-0.25, -0.2) is 4.90 Å². The van der Waals surface area contributed by atoms with Crippen LogP contribution in [0.15, 0.2) is 24.3 Å². The highest BCUT2D eigenvalue weighted by atomic mass is 16.5. The van der Waals surface area contributed by atoms with Crippen molar-refractivity contribution in [2.24, 2.45) is 0 Å². The number of hydrogen-bond acceptors (Lipinski definition) is 3. The van der Waals surface area contributed by atoms with E-state index in [1.165, 1.54) is 4.90 Å². The van der Waals surface area contributed by atoms with Crippen LogP contribution in [0.3, 0.4) is 0 Å². The molecule has 0 spiro atoms. The van der Waals surface area contributed by atoms with Gasteiger partial charge < -0.3 is 10.1 Å². The Bertz CT molecular complexity index is 484. The molecule has 1 aromatic carbocycles. The fourth-order valence-corrected chi connectivity index (χ4v) is 2.37. The highest BCUT2D eigenvalue weighted by Gasteiger charge is 2.41. The van der Waals surface area contributed by atoms with Gasteiger partial charge >= 0.3 is 0 Å². The zero-order valence-corrected chi connectivity index (χ0v) is 12.0. The Balaban J connectivity index is 2.07. The van der Waals surface area contributed by atoms with Crippen LogP contribution in [0.5, 0.6) is 5.75 Å². The first-order valence-corrected chi connectivity index (χ1v) is 7.01. The van der Waals surface area contributed by atoms with Crippen LogP contribution in [0.2, 0.25) is 0 Å². The number of quaternary nitrogens is 1. The molecule has 1 aliphatic heterocycles. The monoisotopic (exact) mass is 277 g/mol. The number of hydrogen-bond donors (Lipinski definition) is 1. The molecule has 1 fully saturated rings. The molecule has 2 amide bonds. The van der Waals surface area contributed by atoms with E-state index in [-0.39, 0.29) is 24.3 Å². The Labute approximate surface area is 118 Å². The molecule has 0 aromatic heterocycles. The minimum Gasteiger partial charge on any atom is -0.497 e. The van der Waals surface area contributed by atoms with Crippen molar-refractivity contribution < 1.29 is 19.6 Å². The molecule has 2 N–H and O–H groups in total. The van der Waals surface area contributed by atoms with Gasteiger partial charge in [0.2, 0.25) is 5.91 Å². The van der Waals surface area contributed by atoms with Crippen LogP contribution in [-0.4, -0.2) is 31.5 Å². The highest BCUT2D eigenvalue weighted by molar-refractivity contribution is 6.21. The number of nitrogens with zero attached hydrogens (tertiary/aromatic N) is 1. The number of carbonyl (C=O) groups excluding carboxylic acids is 2. The first kappa shape index (κ1) is 14.5. The highest BCUT2D eigenvalue weighted by Crippen LogP contribution is 2.24. The van der Waals surface area contributed by atoms with E-state index in [0.717, 1.165) is 19.4 Å². The van der Waals surface area contributed by atoms with Gasteiger partial charge in [-0.1, -0.05) is 13.3 Å². The van der Waals surface area contributed by atoms with Crippen molar-refractivity contribution in [1.82, 2.24) is 0 Å². The second-order valence-corrected chi connectivity index (χ2v) is 4.95. The average Bonchev–Trinajstić information content (AvgIpc) is 2.74. The number of ether oxygens (including phenoxy) is 1. The third-order valence-corrected chi connectivity index (χ3v) is 3.52. The molecule has 108 valence electrons. The van der Waals surface area contributed by atoms with E-state index < -0.39 is 0 Å². The molecular formula is C15H21N2O3+.